The van der Waals surface area contributed by atoms with E-state index in [1.165, 1.54) is 4.90 Å². The minimum absolute atomic E-state index is 0.0859. The maximum atomic E-state index is 12.8. The van der Waals surface area contributed by atoms with Crippen molar-refractivity contribution in [1.29, 1.82) is 0 Å². The number of amides is 1. The molecule has 1 unspecified atom stereocenters. The van der Waals surface area contributed by atoms with Crippen LogP contribution in [0.25, 0.3) is 5.76 Å². The van der Waals surface area contributed by atoms with Crippen LogP contribution in [0.4, 0.5) is 0 Å². The first-order valence-corrected chi connectivity index (χ1v) is 9.50. The number of hydrogen-bond donors (Lipinski definition) is 1. The quantitative estimate of drug-likeness (QED) is 0.450. The molecule has 1 saturated heterocycles. The molecule has 28 heavy (non-hydrogen) atoms. The highest BCUT2D eigenvalue weighted by Crippen LogP contribution is 2.39. The van der Waals surface area contributed by atoms with Crippen molar-refractivity contribution in [2.24, 2.45) is 0 Å². The Morgan fingerprint density at radius 3 is 2.71 bits per heavy atom. The molecule has 1 fully saturated rings. The Morgan fingerprint density at radius 2 is 2.04 bits per heavy atom. The van der Waals surface area contributed by atoms with Crippen molar-refractivity contribution >= 4 is 17.4 Å². The average molecular weight is 380 g/mol. The van der Waals surface area contributed by atoms with Crippen LogP contribution in [0.1, 0.15) is 43.9 Å². The van der Waals surface area contributed by atoms with Gasteiger partial charge in [-0.05, 0) is 37.1 Å². The van der Waals surface area contributed by atoms with Crippen molar-refractivity contribution in [3.63, 3.8) is 0 Å². The third-order valence-electron chi connectivity index (χ3n) is 4.71. The average Bonchev–Trinajstić information content (AvgIpc) is 2.97. The van der Waals surface area contributed by atoms with Crippen molar-refractivity contribution in [1.82, 2.24) is 9.88 Å². The minimum Gasteiger partial charge on any atom is -0.507 e. The lowest BCUT2D eigenvalue weighted by molar-refractivity contribution is -0.139. The number of carbonyl (C=O) groups is 2. The smallest absolute Gasteiger partial charge is 0.295 e. The Hall–Kier alpha value is -3.15. The van der Waals surface area contributed by atoms with Gasteiger partial charge in [0.05, 0.1) is 18.2 Å². The Kier molecular flexibility index (Phi) is 6.09. The normalized spacial score (nSPS) is 18.5. The van der Waals surface area contributed by atoms with E-state index in [1.807, 2.05) is 19.9 Å². The summed E-state index contributed by atoms with van der Waals surface area (Å²) in [6.45, 7) is 4.82. The summed E-state index contributed by atoms with van der Waals surface area (Å²) < 4.78 is 5.49. The number of benzene rings is 1. The monoisotopic (exact) mass is 380 g/mol. The van der Waals surface area contributed by atoms with Gasteiger partial charge >= 0.3 is 0 Å². The number of Topliss-reactive ketones (excluding diaryl/α,β-unsaturated/α-hetero) is 1. The second-order valence-corrected chi connectivity index (χ2v) is 6.59. The molecule has 6 heteroatoms. The molecule has 1 aromatic heterocycles. The Bertz CT molecular complexity index is 892. The molecule has 1 amide bonds. The number of aromatic nitrogens is 1. The SMILES string of the molecule is CCCCN1C(=O)C(=O)/C(=C(\O)c2cccc(OCC)c2)C1c1cccnc1. The van der Waals surface area contributed by atoms with Gasteiger partial charge in [0.2, 0.25) is 0 Å². The van der Waals surface area contributed by atoms with Gasteiger partial charge in [0.1, 0.15) is 11.5 Å². The van der Waals surface area contributed by atoms with Crippen LogP contribution in [0.15, 0.2) is 54.4 Å². The molecule has 0 saturated carbocycles. The number of pyridine rings is 1. The number of ketones is 1. The van der Waals surface area contributed by atoms with Gasteiger partial charge in [-0.1, -0.05) is 31.5 Å². The lowest BCUT2D eigenvalue weighted by Gasteiger charge is -2.24. The van der Waals surface area contributed by atoms with E-state index in [0.29, 0.717) is 30.0 Å². The van der Waals surface area contributed by atoms with Gasteiger partial charge in [0.15, 0.2) is 0 Å². The van der Waals surface area contributed by atoms with Crippen LogP contribution in [0, 0.1) is 0 Å². The van der Waals surface area contributed by atoms with Crippen molar-refractivity contribution in [2.75, 3.05) is 13.2 Å². The third kappa shape index (κ3) is 3.76. The van der Waals surface area contributed by atoms with Crippen LogP contribution < -0.4 is 4.74 Å². The number of ether oxygens (including phenoxy) is 1. The van der Waals surface area contributed by atoms with Crippen LogP contribution in [-0.2, 0) is 9.59 Å². The van der Waals surface area contributed by atoms with Crippen LogP contribution >= 0.6 is 0 Å². The van der Waals surface area contributed by atoms with E-state index < -0.39 is 17.7 Å². The van der Waals surface area contributed by atoms with Gasteiger partial charge in [-0.25, -0.2) is 0 Å². The summed E-state index contributed by atoms with van der Waals surface area (Å²) in [5.74, 6) is -0.883. The third-order valence-corrected chi connectivity index (χ3v) is 4.71. The second-order valence-electron chi connectivity index (χ2n) is 6.59. The molecule has 1 aromatic carbocycles. The van der Waals surface area contributed by atoms with Crippen LogP contribution in [0.2, 0.25) is 0 Å². The highest BCUT2D eigenvalue weighted by Gasteiger charge is 2.45. The number of hydrogen-bond acceptors (Lipinski definition) is 5. The lowest BCUT2D eigenvalue weighted by Crippen LogP contribution is -2.30. The molecule has 1 aliphatic heterocycles. The van der Waals surface area contributed by atoms with Crippen molar-refractivity contribution in [3.8, 4) is 5.75 Å². The van der Waals surface area contributed by atoms with Crippen LogP contribution in [0.3, 0.4) is 0 Å². The van der Waals surface area contributed by atoms with Gasteiger partial charge in [0, 0.05) is 24.5 Å². The zero-order valence-corrected chi connectivity index (χ0v) is 16.1. The highest BCUT2D eigenvalue weighted by molar-refractivity contribution is 6.46. The minimum atomic E-state index is -0.677. The van der Waals surface area contributed by atoms with Gasteiger partial charge in [-0.2, -0.15) is 0 Å². The molecule has 1 atom stereocenters. The first-order chi connectivity index (χ1) is 13.6. The molecule has 2 aromatic rings. The summed E-state index contributed by atoms with van der Waals surface area (Å²) in [4.78, 5) is 31.2. The summed E-state index contributed by atoms with van der Waals surface area (Å²) in [5.41, 5.74) is 1.22. The summed E-state index contributed by atoms with van der Waals surface area (Å²) in [6.07, 6.45) is 4.91. The van der Waals surface area contributed by atoms with Crippen molar-refractivity contribution in [3.05, 3.63) is 65.5 Å². The lowest BCUT2D eigenvalue weighted by atomic mass is 9.96. The molecule has 0 spiro atoms. The Morgan fingerprint density at radius 1 is 1.21 bits per heavy atom. The van der Waals surface area contributed by atoms with Gasteiger partial charge in [-0.3, -0.25) is 14.6 Å². The Balaban J connectivity index is 2.12. The Labute approximate surface area is 164 Å². The van der Waals surface area contributed by atoms with Crippen LogP contribution in [0.5, 0.6) is 5.75 Å². The summed E-state index contributed by atoms with van der Waals surface area (Å²) in [5, 5.41) is 11.0. The summed E-state index contributed by atoms with van der Waals surface area (Å²) in [7, 11) is 0. The zero-order valence-electron chi connectivity index (χ0n) is 16.1. The molecule has 1 aliphatic rings. The largest absolute Gasteiger partial charge is 0.507 e. The van der Waals surface area contributed by atoms with E-state index in [1.54, 1.807) is 42.7 Å². The van der Waals surface area contributed by atoms with E-state index in [4.69, 9.17) is 4.74 Å². The van der Waals surface area contributed by atoms with Gasteiger partial charge in [0.25, 0.3) is 11.7 Å². The predicted octanol–water partition coefficient (Wildman–Crippen LogP) is 3.70. The van der Waals surface area contributed by atoms with E-state index >= 15 is 0 Å². The standard InChI is InChI=1S/C22H24N2O4/c1-3-5-12-24-19(16-9-7-11-23-14-16)18(21(26)22(24)27)20(25)15-8-6-10-17(13-15)28-4-2/h6-11,13-14,19,25H,3-5,12H2,1-2H3/b20-18-. The fourth-order valence-electron chi connectivity index (χ4n) is 3.38. The first-order valence-electron chi connectivity index (χ1n) is 9.50. The van der Waals surface area contributed by atoms with Crippen molar-refractivity contribution in [2.45, 2.75) is 32.7 Å². The predicted molar refractivity (Wildman–Crippen MR) is 106 cm³/mol. The van der Waals surface area contributed by atoms with Crippen molar-refractivity contribution < 1.29 is 19.4 Å². The number of rotatable bonds is 7. The number of aliphatic hydroxyl groups excluding tert-OH is 1. The number of carbonyl (C=O) groups excluding carboxylic acids is 2. The summed E-state index contributed by atoms with van der Waals surface area (Å²) >= 11 is 0. The zero-order chi connectivity index (χ0) is 20.1. The molecule has 0 aliphatic carbocycles. The second kappa shape index (κ2) is 8.69. The topological polar surface area (TPSA) is 79.7 Å². The first kappa shape index (κ1) is 19.6. The molecule has 1 N–H and O–H groups in total. The number of aliphatic hydroxyl groups is 1. The fraction of sp³-hybridized carbons (Fsp3) is 0.318. The van der Waals surface area contributed by atoms with E-state index in [0.717, 1.165) is 12.8 Å². The molecule has 0 radical (unpaired) electrons. The maximum Gasteiger partial charge on any atom is 0.295 e. The summed E-state index contributed by atoms with van der Waals surface area (Å²) in [6, 6.07) is 9.79. The highest BCUT2D eigenvalue weighted by atomic mass is 16.5. The molecule has 6 nitrogen and oxygen atoms in total. The van der Waals surface area contributed by atoms with E-state index in [2.05, 4.69) is 4.98 Å². The number of nitrogens with zero attached hydrogens (tertiary/aromatic N) is 2. The van der Waals surface area contributed by atoms with Crippen LogP contribution in [-0.4, -0.2) is 39.8 Å². The number of likely N-dealkylation sites (tertiary alicyclic amines) is 1. The molecule has 146 valence electrons. The molecular formula is C22H24N2O4. The van der Waals surface area contributed by atoms with E-state index in [-0.39, 0.29) is 11.3 Å². The van der Waals surface area contributed by atoms with Gasteiger partial charge in [-0.15, -0.1) is 0 Å². The molecule has 0 bridgehead atoms. The maximum absolute atomic E-state index is 12.8. The molecule has 3 rings (SSSR count). The van der Waals surface area contributed by atoms with Gasteiger partial charge < -0.3 is 14.7 Å². The molecule has 2 heterocycles. The van der Waals surface area contributed by atoms with E-state index in [9.17, 15) is 14.7 Å². The fourth-order valence-corrected chi connectivity index (χ4v) is 3.38. The number of unbranched alkanes of at least 4 members (excludes halogenated alkanes) is 1. The molecular weight excluding hydrogens is 356 g/mol.